The van der Waals surface area contributed by atoms with E-state index in [2.05, 4.69) is 27.5 Å². The molecule has 0 amide bonds. The van der Waals surface area contributed by atoms with Gasteiger partial charge < -0.3 is 15.6 Å². The molecule has 0 saturated carbocycles. The van der Waals surface area contributed by atoms with Crippen molar-refractivity contribution in [2.45, 2.75) is 25.8 Å². The zero-order valence-corrected chi connectivity index (χ0v) is 11.8. The second kappa shape index (κ2) is 4.80. The molecule has 1 aliphatic carbocycles. The fraction of sp³-hybridized carbons (Fsp3) is 0.333. The number of hydrogen-bond donors (Lipinski definition) is 2. The Kier molecular flexibility index (Phi) is 2.80. The molecule has 0 atom stereocenters. The fourth-order valence-corrected chi connectivity index (χ4v) is 3.01. The molecule has 3 aromatic heterocycles. The summed E-state index contributed by atoms with van der Waals surface area (Å²) in [5.41, 5.74) is 10.7. The molecule has 0 bridgehead atoms. The van der Waals surface area contributed by atoms with Crippen molar-refractivity contribution < 1.29 is 0 Å². The molecule has 108 valence electrons. The zero-order valence-electron chi connectivity index (χ0n) is 11.8. The average Bonchev–Trinajstić information content (AvgIpc) is 3.20. The third kappa shape index (κ3) is 2.03. The van der Waals surface area contributed by atoms with Gasteiger partial charge in [-0.1, -0.05) is 6.07 Å². The van der Waals surface area contributed by atoms with E-state index in [4.69, 9.17) is 5.73 Å². The van der Waals surface area contributed by atoms with Crippen LogP contribution in [0.5, 0.6) is 0 Å². The van der Waals surface area contributed by atoms with Gasteiger partial charge in [-0.15, -0.1) is 5.10 Å². The van der Waals surface area contributed by atoms with E-state index in [1.54, 1.807) is 6.20 Å². The van der Waals surface area contributed by atoms with Crippen LogP contribution < -0.4 is 11.1 Å². The summed E-state index contributed by atoms with van der Waals surface area (Å²) in [5, 5.41) is 7.98. The van der Waals surface area contributed by atoms with Crippen molar-refractivity contribution >= 4 is 17.0 Å². The normalized spacial score (nSPS) is 13.7. The smallest absolute Gasteiger partial charge is 0.172 e. The van der Waals surface area contributed by atoms with Gasteiger partial charge in [-0.3, -0.25) is 0 Å². The zero-order chi connectivity index (χ0) is 14.2. The molecule has 1 aliphatic rings. The van der Waals surface area contributed by atoms with Crippen LogP contribution in [0.2, 0.25) is 0 Å². The highest BCUT2D eigenvalue weighted by molar-refractivity contribution is 5.81. The Bertz CT molecular complexity index is 771. The van der Waals surface area contributed by atoms with Gasteiger partial charge in [0.25, 0.3) is 0 Å². The molecule has 0 radical (unpaired) electrons. The van der Waals surface area contributed by atoms with Crippen molar-refractivity contribution in [2.24, 2.45) is 0 Å². The molecular weight excluding hydrogens is 264 g/mol. The Labute approximate surface area is 122 Å². The molecule has 0 aromatic carbocycles. The number of pyridine rings is 1. The molecule has 6 nitrogen and oxygen atoms in total. The third-order valence-corrected chi connectivity index (χ3v) is 4.11. The highest BCUT2D eigenvalue weighted by atomic mass is 15.3. The van der Waals surface area contributed by atoms with Gasteiger partial charge >= 0.3 is 0 Å². The van der Waals surface area contributed by atoms with Crippen LogP contribution in [-0.4, -0.2) is 25.7 Å². The van der Waals surface area contributed by atoms with E-state index in [1.165, 1.54) is 17.7 Å². The summed E-state index contributed by atoms with van der Waals surface area (Å²) in [5.74, 6) is 0.774. The molecule has 0 aliphatic heterocycles. The number of nitrogens with two attached hydrogens (primary N) is 1. The Hall–Kier alpha value is -2.50. The number of nitrogens with zero attached hydrogens (tertiary/aromatic N) is 4. The van der Waals surface area contributed by atoms with Gasteiger partial charge in [0.2, 0.25) is 0 Å². The molecule has 3 heterocycles. The lowest BCUT2D eigenvalue weighted by atomic mass is 10.2. The predicted molar refractivity (Wildman–Crippen MR) is 82.3 cm³/mol. The Balaban J connectivity index is 1.59. The molecule has 21 heavy (non-hydrogen) atoms. The standard InChI is InChI=1S/C15H18N6/c16-14-13-5-4-11-2-1-3-12(11)21(13)19-15(14)18-7-9-20-8-6-17-10-20/h4-6,8,10H,1-3,7,9,16H2,(H,18,19). The fourth-order valence-electron chi connectivity index (χ4n) is 3.01. The number of nitrogen functional groups attached to an aromatic ring is 1. The van der Waals surface area contributed by atoms with Gasteiger partial charge in [0.1, 0.15) is 5.69 Å². The molecule has 6 heteroatoms. The highest BCUT2D eigenvalue weighted by Gasteiger charge is 2.18. The first-order valence-corrected chi connectivity index (χ1v) is 7.31. The van der Waals surface area contributed by atoms with Crippen molar-refractivity contribution in [1.29, 1.82) is 0 Å². The lowest BCUT2D eigenvalue weighted by Crippen LogP contribution is -2.10. The number of rotatable bonds is 4. The van der Waals surface area contributed by atoms with E-state index >= 15 is 0 Å². The summed E-state index contributed by atoms with van der Waals surface area (Å²) in [4.78, 5) is 4.03. The summed E-state index contributed by atoms with van der Waals surface area (Å²) in [7, 11) is 0. The maximum Gasteiger partial charge on any atom is 0.172 e. The van der Waals surface area contributed by atoms with Crippen LogP contribution in [0.15, 0.2) is 30.9 Å². The minimum Gasteiger partial charge on any atom is -0.394 e. The molecule has 0 fully saturated rings. The second-order valence-corrected chi connectivity index (χ2v) is 5.45. The van der Waals surface area contributed by atoms with E-state index in [0.717, 1.165) is 43.0 Å². The number of anilines is 2. The van der Waals surface area contributed by atoms with E-state index in [1.807, 2.05) is 21.6 Å². The van der Waals surface area contributed by atoms with Crippen molar-refractivity contribution in [3.63, 3.8) is 0 Å². The number of imidazole rings is 1. The van der Waals surface area contributed by atoms with Gasteiger partial charge in [-0.25, -0.2) is 9.50 Å². The predicted octanol–water partition coefficient (Wildman–Crippen LogP) is 1.71. The molecule has 3 aromatic rings. The number of hydrogen-bond acceptors (Lipinski definition) is 4. The van der Waals surface area contributed by atoms with Crippen molar-refractivity contribution in [3.8, 4) is 0 Å². The first kappa shape index (κ1) is 12.3. The Morgan fingerprint density at radius 3 is 3.10 bits per heavy atom. The van der Waals surface area contributed by atoms with Crippen molar-refractivity contribution in [3.05, 3.63) is 42.1 Å². The van der Waals surface area contributed by atoms with Gasteiger partial charge in [0, 0.05) is 31.2 Å². The van der Waals surface area contributed by atoms with Crippen LogP contribution in [0.3, 0.4) is 0 Å². The van der Waals surface area contributed by atoms with Crippen LogP contribution >= 0.6 is 0 Å². The Morgan fingerprint density at radius 1 is 1.29 bits per heavy atom. The number of aryl methyl sites for hydroxylation is 2. The highest BCUT2D eigenvalue weighted by Crippen LogP contribution is 2.29. The molecule has 0 unspecified atom stereocenters. The quantitative estimate of drug-likeness (QED) is 0.764. The van der Waals surface area contributed by atoms with Gasteiger partial charge in [0.15, 0.2) is 5.82 Å². The maximum absolute atomic E-state index is 6.23. The maximum atomic E-state index is 6.23. The van der Waals surface area contributed by atoms with E-state index in [-0.39, 0.29) is 0 Å². The van der Waals surface area contributed by atoms with Crippen LogP contribution in [0, 0.1) is 0 Å². The van der Waals surface area contributed by atoms with Gasteiger partial charge in [-0.05, 0) is 30.9 Å². The van der Waals surface area contributed by atoms with Crippen molar-refractivity contribution in [2.75, 3.05) is 17.6 Å². The monoisotopic (exact) mass is 282 g/mol. The molecule has 0 saturated heterocycles. The third-order valence-electron chi connectivity index (χ3n) is 4.11. The lowest BCUT2D eigenvalue weighted by Gasteiger charge is -2.04. The van der Waals surface area contributed by atoms with Gasteiger partial charge in [0.05, 0.1) is 11.8 Å². The minimum atomic E-state index is 0.732. The molecule has 3 N–H and O–H groups in total. The van der Waals surface area contributed by atoms with Crippen LogP contribution in [0.4, 0.5) is 11.5 Å². The van der Waals surface area contributed by atoms with Crippen LogP contribution in [-0.2, 0) is 19.4 Å². The lowest BCUT2D eigenvalue weighted by molar-refractivity contribution is 0.724. The first-order chi connectivity index (χ1) is 10.3. The summed E-state index contributed by atoms with van der Waals surface area (Å²) >= 11 is 0. The SMILES string of the molecule is Nc1c(NCCn2ccnc2)nn2c3c(ccc12)CCC3. The summed E-state index contributed by atoms with van der Waals surface area (Å²) in [6.07, 6.45) is 8.97. The summed E-state index contributed by atoms with van der Waals surface area (Å²) < 4.78 is 4.04. The van der Waals surface area contributed by atoms with Crippen LogP contribution in [0.25, 0.3) is 5.52 Å². The van der Waals surface area contributed by atoms with Crippen molar-refractivity contribution in [1.82, 2.24) is 19.2 Å². The molecule has 4 rings (SSSR count). The van der Waals surface area contributed by atoms with Crippen LogP contribution in [0.1, 0.15) is 17.7 Å². The minimum absolute atomic E-state index is 0.732. The number of nitrogens with one attached hydrogen (secondary N) is 1. The second-order valence-electron chi connectivity index (χ2n) is 5.45. The van der Waals surface area contributed by atoms with E-state index < -0.39 is 0 Å². The topological polar surface area (TPSA) is 73.2 Å². The molecule has 0 spiro atoms. The summed E-state index contributed by atoms with van der Waals surface area (Å²) in [6.45, 7) is 1.61. The number of aromatic nitrogens is 4. The molecular formula is C15H18N6. The number of fused-ring (bicyclic) bond motifs is 3. The Morgan fingerprint density at radius 2 is 2.24 bits per heavy atom. The average molecular weight is 282 g/mol. The van der Waals surface area contributed by atoms with E-state index in [9.17, 15) is 0 Å². The largest absolute Gasteiger partial charge is 0.394 e. The van der Waals surface area contributed by atoms with Gasteiger partial charge in [-0.2, -0.15) is 0 Å². The first-order valence-electron chi connectivity index (χ1n) is 7.31. The van der Waals surface area contributed by atoms with E-state index in [0.29, 0.717) is 0 Å². The summed E-state index contributed by atoms with van der Waals surface area (Å²) in [6, 6.07) is 4.26.